The molecule has 70 valence electrons. The van der Waals surface area contributed by atoms with Crippen molar-refractivity contribution in [1.82, 2.24) is 0 Å². The lowest BCUT2D eigenvalue weighted by atomic mass is 9.96. The van der Waals surface area contributed by atoms with Crippen molar-refractivity contribution in [3.63, 3.8) is 0 Å². The van der Waals surface area contributed by atoms with Gasteiger partial charge in [0.15, 0.2) is 0 Å². The van der Waals surface area contributed by atoms with Gasteiger partial charge in [0, 0.05) is 19.9 Å². The van der Waals surface area contributed by atoms with Crippen LogP contribution in [0.5, 0.6) is 0 Å². The first-order chi connectivity index (χ1) is 6.98. The van der Waals surface area contributed by atoms with Gasteiger partial charge in [0.05, 0.1) is 0 Å². The van der Waals surface area contributed by atoms with Crippen LogP contribution in [0.15, 0.2) is 18.2 Å². The Balaban J connectivity index is 2.44. The summed E-state index contributed by atoms with van der Waals surface area (Å²) < 4.78 is 15.5. The Kier molecular flexibility index (Phi) is 1.85. The molecule has 1 nitrogen and oxygen atoms in total. The Morgan fingerprint density at radius 3 is 3.31 bits per heavy atom. The quantitative estimate of drug-likeness (QED) is 0.670. The van der Waals surface area contributed by atoms with Crippen LogP contribution in [-0.4, -0.2) is 6.50 Å². The van der Waals surface area contributed by atoms with Crippen LogP contribution in [0, 0.1) is 0 Å². The summed E-state index contributed by atoms with van der Waals surface area (Å²) in [6.45, 7) is 0.797. The second-order valence-corrected chi connectivity index (χ2v) is 3.91. The molecule has 1 heterocycles. The summed E-state index contributed by atoms with van der Waals surface area (Å²) in [5.74, 6) is 0.351. The van der Waals surface area contributed by atoms with Crippen LogP contribution in [0.1, 0.15) is 34.0 Å². The van der Waals surface area contributed by atoms with E-state index in [1.54, 1.807) is 6.07 Å². The van der Waals surface area contributed by atoms with Crippen molar-refractivity contribution in [3.05, 3.63) is 28.8 Å². The van der Waals surface area contributed by atoms with Gasteiger partial charge in [-0.1, -0.05) is 18.5 Å². The largest absolute Gasteiger partial charge is 0.385 e. The third kappa shape index (κ3) is 1.80. The summed E-state index contributed by atoms with van der Waals surface area (Å²) in [4.78, 5) is 0. The molecule has 1 aliphatic heterocycles. The molecule has 1 N–H and O–H groups in total. The maximum atomic E-state index is 7.76. The fourth-order valence-corrected chi connectivity index (χ4v) is 1.84. The number of halogens is 1. The molecule has 1 unspecified atom stereocenters. The normalized spacial score (nSPS) is 27.7. The van der Waals surface area contributed by atoms with Gasteiger partial charge in [0.2, 0.25) is 0 Å². The fourth-order valence-electron chi connectivity index (χ4n) is 1.66. The standard InChI is InChI=1S/C11H14ClN/c1-8-3-2-6-13-11-5-4-9(12)7-10(8)11/h4-5,7-8,13H,2-3,6H2,1H3/i6D2. The molecule has 0 radical (unpaired) electrons. The topological polar surface area (TPSA) is 12.0 Å². The third-order valence-electron chi connectivity index (χ3n) is 2.47. The van der Waals surface area contributed by atoms with Crippen molar-refractivity contribution in [2.24, 2.45) is 0 Å². The molecule has 1 aromatic rings. The van der Waals surface area contributed by atoms with Crippen molar-refractivity contribution in [1.29, 1.82) is 0 Å². The van der Waals surface area contributed by atoms with Gasteiger partial charge in [0.1, 0.15) is 0 Å². The molecule has 1 atom stereocenters. The van der Waals surface area contributed by atoms with Crippen LogP contribution in [0.25, 0.3) is 0 Å². The minimum absolute atomic E-state index is 0.351. The molecule has 0 aliphatic carbocycles. The maximum Gasteiger partial charge on any atom is 0.0490 e. The first-order valence-electron chi connectivity index (χ1n) is 5.55. The zero-order chi connectivity index (χ0) is 11.1. The molecular weight excluding hydrogens is 182 g/mol. The lowest BCUT2D eigenvalue weighted by Crippen LogP contribution is -1.99. The van der Waals surface area contributed by atoms with Gasteiger partial charge >= 0.3 is 0 Å². The number of rotatable bonds is 0. The van der Waals surface area contributed by atoms with Crippen molar-refractivity contribution < 1.29 is 2.74 Å². The Hall–Kier alpha value is -0.690. The van der Waals surface area contributed by atoms with Gasteiger partial charge in [-0.05, 0) is 42.5 Å². The van der Waals surface area contributed by atoms with E-state index in [4.69, 9.17) is 14.3 Å². The van der Waals surface area contributed by atoms with Crippen LogP contribution in [0.3, 0.4) is 0 Å². The van der Waals surface area contributed by atoms with Gasteiger partial charge in [-0.3, -0.25) is 0 Å². The summed E-state index contributed by atoms with van der Waals surface area (Å²) in [5, 5.41) is 3.64. The molecular formula is C11H14ClN. The molecule has 0 bridgehead atoms. The number of benzene rings is 1. The molecule has 0 amide bonds. The van der Waals surface area contributed by atoms with Gasteiger partial charge in [-0.2, -0.15) is 0 Å². The van der Waals surface area contributed by atoms with E-state index in [0.29, 0.717) is 17.4 Å². The first-order valence-corrected chi connectivity index (χ1v) is 4.93. The summed E-state index contributed by atoms with van der Waals surface area (Å²) in [5.41, 5.74) is 1.98. The molecule has 13 heavy (non-hydrogen) atoms. The highest BCUT2D eigenvalue weighted by Gasteiger charge is 2.14. The smallest absolute Gasteiger partial charge is 0.0490 e. The van der Waals surface area contributed by atoms with Crippen LogP contribution < -0.4 is 5.32 Å². The summed E-state index contributed by atoms with van der Waals surface area (Å²) in [7, 11) is 0. The van der Waals surface area contributed by atoms with Crippen LogP contribution in [0.4, 0.5) is 5.69 Å². The number of anilines is 1. The van der Waals surface area contributed by atoms with E-state index in [2.05, 4.69) is 12.2 Å². The number of nitrogens with one attached hydrogen (secondary N) is 1. The first kappa shape index (κ1) is 6.72. The predicted octanol–water partition coefficient (Wildman–Crippen LogP) is 3.65. The van der Waals surface area contributed by atoms with Crippen molar-refractivity contribution in [2.45, 2.75) is 25.7 Å². The maximum absolute atomic E-state index is 7.76. The highest BCUT2D eigenvalue weighted by molar-refractivity contribution is 6.30. The average Bonchev–Trinajstić information content (AvgIpc) is 2.26. The Bertz CT molecular complexity index is 379. The van der Waals surface area contributed by atoms with Gasteiger partial charge in [-0.25, -0.2) is 0 Å². The zero-order valence-corrected chi connectivity index (χ0v) is 8.36. The molecule has 1 aliphatic rings. The lowest BCUT2D eigenvalue weighted by Gasteiger charge is -2.12. The minimum Gasteiger partial charge on any atom is -0.385 e. The van der Waals surface area contributed by atoms with Gasteiger partial charge < -0.3 is 5.32 Å². The SMILES string of the molecule is [2H]C1([2H])CCC(C)c2cc(Cl)ccc2N1. The van der Waals surface area contributed by atoms with E-state index >= 15 is 0 Å². The Labute approximate surface area is 86.9 Å². The van der Waals surface area contributed by atoms with E-state index in [-0.39, 0.29) is 0 Å². The van der Waals surface area contributed by atoms with E-state index in [0.717, 1.165) is 17.7 Å². The third-order valence-corrected chi connectivity index (χ3v) is 2.71. The van der Waals surface area contributed by atoms with E-state index in [1.807, 2.05) is 12.1 Å². The molecule has 2 rings (SSSR count). The Morgan fingerprint density at radius 1 is 1.62 bits per heavy atom. The second kappa shape index (κ2) is 3.59. The van der Waals surface area contributed by atoms with Crippen LogP contribution in [0.2, 0.25) is 5.02 Å². The monoisotopic (exact) mass is 197 g/mol. The fraction of sp³-hybridized carbons (Fsp3) is 0.455. The minimum atomic E-state index is -1.31. The van der Waals surface area contributed by atoms with E-state index < -0.39 is 6.50 Å². The number of hydrogen-bond donors (Lipinski definition) is 1. The summed E-state index contributed by atoms with van der Waals surface area (Å²) in [6, 6.07) is 5.58. The molecule has 0 saturated carbocycles. The molecule has 0 spiro atoms. The summed E-state index contributed by atoms with van der Waals surface area (Å²) >= 11 is 5.94. The molecule has 1 aromatic carbocycles. The highest BCUT2D eigenvalue weighted by Crippen LogP contribution is 2.32. The van der Waals surface area contributed by atoms with E-state index in [1.165, 1.54) is 0 Å². The van der Waals surface area contributed by atoms with Gasteiger partial charge in [-0.15, -0.1) is 0 Å². The van der Waals surface area contributed by atoms with Gasteiger partial charge in [0.25, 0.3) is 0 Å². The number of fused-ring (bicyclic) bond motifs is 1. The average molecular weight is 198 g/mol. The van der Waals surface area contributed by atoms with Crippen molar-refractivity contribution in [3.8, 4) is 0 Å². The molecule has 0 fully saturated rings. The number of hydrogen-bond acceptors (Lipinski definition) is 1. The second-order valence-electron chi connectivity index (χ2n) is 3.47. The van der Waals surface area contributed by atoms with Crippen LogP contribution >= 0.6 is 11.6 Å². The zero-order valence-electron chi connectivity index (χ0n) is 9.60. The molecule has 2 heteroatoms. The van der Waals surface area contributed by atoms with Crippen molar-refractivity contribution in [2.75, 3.05) is 11.8 Å². The highest BCUT2D eigenvalue weighted by atomic mass is 35.5. The van der Waals surface area contributed by atoms with Crippen LogP contribution in [-0.2, 0) is 0 Å². The van der Waals surface area contributed by atoms with E-state index in [9.17, 15) is 0 Å². The Morgan fingerprint density at radius 2 is 2.46 bits per heavy atom. The van der Waals surface area contributed by atoms with Crippen molar-refractivity contribution >= 4 is 17.3 Å². The predicted molar refractivity (Wildman–Crippen MR) is 57.6 cm³/mol. The molecule has 0 aromatic heterocycles. The summed E-state index contributed by atoms with van der Waals surface area (Å²) in [6.07, 6.45) is 1.37. The lowest BCUT2D eigenvalue weighted by molar-refractivity contribution is 0.667. The molecule has 0 saturated heterocycles.